The van der Waals surface area contributed by atoms with Gasteiger partial charge in [-0.15, -0.1) is 0 Å². The highest BCUT2D eigenvalue weighted by Crippen LogP contribution is 2.24. The second-order valence-electron chi connectivity index (χ2n) is 6.19. The van der Waals surface area contributed by atoms with Crippen LogP contribution in [0.3, 0.4) is 0 Å². The molecule has 0 aromatic heterocycles. The summed E-state index contributed by atoms with van der Waals surface area (Å²) in [6.07, 6.45) is 3.47. The number of carboxylic acids is 2. The zero-order chi connectivity index (χ0) is 20.9. The van der Waals surface area contributed by atoms with Crippen molar-refractivity contribution in [3.05, 3.63) is 46.0 Å². The van der Waals surface area contributed by atoms with Crippen LogP contribution in [-0.2, 0) is 20.9 Å². The molecule has 0 aliphatic carbocycles. The number of methoxy groups -OCH3 is 1. The maximum atomic E-state index is 9.55. The Labute approximate surface area is 174 Å². The van der Waals surface area contributed by atoms with E-state index in [1.54, 1.807) is 7.11 Å². The van der Waals surface area contributed by atoms with Crippen LogP contribution in [0.1, 0.15) is 18.4 Å². The molecule has 2 rings (SSSR count). The van der Waals surface area contributed by atoms with Gasteiger partial charge < -0.3 is 20.3 Å². The molecule has 1 saturated heterocycles. The highest BCUT2D eigenvalue weighted by molar-refractivity contribution is 6.35. The lowest BCUT2D eigenvalue weighted by Crippen LogP contribution is -2.44. The van der Waals surface area contributed by atoms with Crippen LogP contribution in [-0.4, -0.2) is 66.4 Å². The van der Waals surface area contributed by atoms with Crippen molar-refractivity contribution in [1.29, 1.82) is 0 Å². The summed E-state index contributed by atoms with van der Waals surface area (Å²) in [5, 5.41) is 20.5. The molecule has 0 saturated carbocycles. The first-order chi connectivity index (χ1) is 13.3. The van der Waals surface area contributed by atoms with E-state index in [4.69, 9.17) is 38.2 Å². The number of hydrogen-bond acceptors (Lipinski definition) is 5. The number of piperidine rings is 1. The Morgan fingerprint density at radius 3 is 2.32 bits per heavy atom. The van der Waals surface area contributed by atoms with Crippen LogP contribution in [0.25, 0.3) is 0 Å². The van der Waals surface area contributed by atoms with E-state index in [0.717, 1.165) is 43.4 Å². The summed E-state index contributed by atoms with van der Waals surface area (Å²) < 4.78 is 5.24. The van der Waals surface area contributed by atoms with Gasteiger partial charge in [0.2, 0.25) is 0 Å². The SMILES string of the molecule is COCCN(Cc1ccc(Cl)cc1Cl)C1CCNCC1.O=C(O)/C=C/C(=O)O. The second kappa shape index (κ2) is 13.5. The molecule has 0 unspecified atom stereocenters. The summed E-state index contributed by atoms with van der Waals surface area (Å²) in [6.45, 7) is 4.70. The van der Waals surface area contributed by atoms with Gasteiger partial charge in [0.25, 0.3) is 0 Å². The van der Waals surface area contributed by atoms with Crippen molar-refractivity contribution < 1.29 is 24.5 Å². The lowest BCUT2D eigenvalue weighted by molar-refractivity contribution is -0.134. The van der Waals surface area contributed by atoms with Crippen molar-refractivity contribution in [1.82, 2.24) is 10.2 Å². The predicted molar refractivity (Wildman–Crippen MR) is 109 cm³/mol. The normalized spacial score (nSPS) is 14.7. The fourth-order valence-corrected chi connectivity index (χ4v) is 3.25. The number of nitrogens with zero attached hydrogens (tertiary/aromatic N) is 1. The molecule has 1 aliphatic heterocycles. The van der Waals surface area contributed by atoms with Crippen molar-refractivity contribution in [2.24, 2.45) is 0 Å². The Balaban J connectivity index is 0.000000416. The van der Waals surface area contributed by atoms with Gasteiger partial charge in [-0.05, 0) is 43.6 Å². The van der Waals surface area contributed by atoms with E-state index in [1.165, 1.54) is 12.8 Å². The predicted octanol–water partition coefficient (Wildman–Crippen LogP) is 2.91. The van der Waals surface area contributed by atoms with E-state index >= 15 is 0 Å². The minimum atomic E-state index is -1.26. The highest BCUT2D eigenvalue weighted by Gasteiger charge is 2.21. The number of hydrogen-bond donors (Lipinski definition) is 3. The van der Waals surface area contributed by atoms with Crippen molar-refractivity contribution in [2.45, 2.75) is 25.4 Å². The minimum Gasteiger partial charge on any atom is -0.478 e. The van der Waals surface area contributed by atoms with Crippen LogP contribution in [0, 0.1) is 0 Å². The second-order valence-corrected chi connectivity index (χ2v) is 7.03. The fraction of sp³-hybridized carbons (Fsp3) is 0.474. The molecular formula is C19H26Cl2N2O5. The number of aliphatic carboxylic acids is 2. The van der Waals surface area contributed by atoms with Crippen molar-refractivity contribution in [2.75, 3.05) is 33.4 Å². The van der Waals surface area contributed by atoms with Crippen LogP contribution in [0.15, 0.2) is 30.4 Å². The van der Waals surface area contributed by atoms with Crippen LogP contribution in [0.5, 0.6) is 0 Å². The lowest BCUT2D eigenvalue weighted by atomic mass is 10.0. The largest absolute Gasteiger partial charge is 0.478 e. The van der Waals surface area contributed by atoms with E-state index in [-0.39, 0.29) is 0 Å². The molecule has 9 heteroatoms. The quantitative estimate of drug-likeness (QED) is 0.543. The molecule has 28 heavy (non-hydrogen) atoms. The summed E-state index contributed by atoms with van der Waals surface area (Å²) in [7, 11) is 1.75. The van der Waals surface area contributed by atoms with Gasteiger partial charge in [-0.2, -0.15) is 0 Å². The van der Waals surface area contributed by atoms with Crippen LogP contribution < -0.4 is 5.32 Å². The molecule has 0 amide bonds. The average molecular weight is 433 g/mol. The molecule has 1 aromatic carbocycles. The molecule has 1 heterocycles. The van der Waals surface area contributed by atoms with Crippen molar-refractivity contribution >= 4 is 35.1 Å². The number of ether oxygens (including phenoxy) is 1. The van der Waals surface area contributed by atoms with Gasteiger partial charge in [0.05, 0.1) is 6.61 Å². The molecule has 0 spiro atoms. The molecule has 7 nitrogen and oxygen atoms in total. The van der Waals surface area contributed by atoms with E-state index in [1.807, 2.05) is 18.2 Å². The molecule has 0 radical (unpaired) electrons. The molecule has 1 aromatic rings. The Morgan fingerprint density at radius 1 is 1.21 bits per heavy atom. The third-order valence-corrected chi connectivity index (χ3v) is 4.75. The first-order valence-corrected chi connectivity index (χ1v) is 9.60. The van der Waals surface area contributed by atoms with Gasteiger partial charge in [-0.25, -0.2) is 9.59 Å². The smallest absolute Gasteiger partial charge is 0.328 e. The Morgan fingerprint density at radius 2 is 1.82 bits per heavy atom. The molecule has 156 valence electrons. The zero-order valence-electron chi connectivity index (χ0n) is 15.7. The van der Waals surface area contributed by atoms with E-state index in [0.29, 0.717) is 23.2 Å². The summed E-state index contributed by atoms with van der Waals surface area (Å²) >= 11 is 12.3. The third-order valence-electron chi connectivity index (χ3n) is 4.16. The third kappa shape index (κ3) is 10.1. The molecule has 0 bridgehead atoms. The molecule has 1 fully saturated rings. The Kier molecular flexibility index (Phi) is 11.8. The monoisotopic (exact) mass is 432 g/mol. The molecule has 3 N–H and O–H groups in total. The van der Waals surface area contributed by atoms with Crippen molar-refractivity contribution in [3.63, 3.8) is 0 Å². The maximum Gasteiger partial charge on any atom is 0.328 e. The Hall–Kier alpha value is -1.64. The number of rotatable bonds is 8. The van der Waals surface area contributed by atoms with Crippen LogP contribution in [0.2, 0.25) is 10.0 Å². The fourth-order valence-electron chi connectivity index (χ4n) is 2.78. The topological polar surface area (TPSA) is 99.1 Å². The van der Waals surface area contributed by atoms with Gasteiger partial charge in [0, 0.05) is 48.4 Å². The molecule has 1 aliphatic rings. The Bertz CT molecular complexity index is 648. The van der Waals surface area contributed by atoms with Gasteiger partial charge in [0.1, 0.15) is 0 Å². The number of halogens is 2. The van der Waals surface area contributed by atoms with E-state index < -0.39 is 11.9 Å². The van der Waals surface area contributed by atoms with Crippen LogP contribution >= 0.6 is 23.2 Å². The first-order valence-electron chi connectivity index (χ1n) is 8.85. The van der Waals surface area contributed by atoms with Crippen LogP contribution in [0.4, 0.5) is 0 Å². The summed E-state index contributed by atoms with van der Waals surface area (Å²) in [4.78, 5) is 21.6. The zero-order valence-corrected chi connectivity index (χ0v) is 17.2. The number of nitrogens with one attached hydrogen (secondary N) is 1. The number of carbonyl (C=O) groups is 2. The summed E-state index contributed by atoms with van der Waals surface area (Å²) in [5.74, 6) is -2.51. The number of benzene rings is 1. The minimum absolute atomic E-state index is 0.558. The maximum absolute atomic E-state index is 9.55. The van der Waals surface area contributed by atoms with Crippen molar-refractivity contribution in [3.8, 4) is 0 Å². The summed E-state index contributed by atoms with van der Waals surface area (Å²) in [5.41, 5.74) is 1.13. The highest BCUT2D eigenvalue weighted by atomic mass is 35.5. The summed E-state index contributed by atoms with van der Waals surface area (Å²) in [6, 6.07) is 6.33. The van der Waals surface area contributed by atoms with E-state index in [9.17, 15) is 9.59 Å². The average Bonchev–Trinajstić information content (AvgIpc) is 2.66. The van der Waals surface area contributed by atoms with Gasteiger partial charge in [-0.3, -0.25) is 4.90 Å². The standard InChI is InChI=1S/C15H22Cl2N2O.C4H4O4/c1-20-9-8-19(14-4-6-18-7-5-14)11-12-2-3-13(16)10-15(12)17;5-3(6)1-2-4(7)8/h2-3,10,14,18H,4-9,11H2,1H3;1-2H,(H,5,6)(H,7,8)/b;2-1+. The number of carboxylic acid groups (broad SMARTS) is 2. The first kappa shape index (κ1) is 24.4. The van der Waals surface area contributed by atoms with E-state index in [2.05, 4.69) is 10.2 Å². The van der Waals surface area contributed by atoms with Gasteiger partial charge >= 0.3 is 11.9 Å². The lowest BCUT2D eigenvalue weighted by Gasteiger charge is -2.34. The molecular weight excluding hydrogens is 407 g/mol. The van der Waals surface area contributed by atoms with Gasteiger partial charge in [0.15, 0.2) is 0 Å². The van der Waals surface area contributed by atoms with Gasteiger partial charge in [-0.1, -0.05) is 29.3 Å². The molecule has 0 atom stereocenters.